The Bertz CT molecular complexity index is 546. The Balaban J connectivity index is 2.14. The highest BCUT2D eigenvalue weighted by Gasteiger charge is 2.05. The second-order valence-corrected chi connectivity index (χ2v) is 3.56. The van der Waals surface area contributed by atoms with Gasteiger partial charge in [-0.05, 0) is 36.8 Å². The molecule has 0 amide bonds. The van der Waals surface area contributed by atoms with Gasteiger partial charge in [-0.1, -0.05) is 0 Å². The molecule has 17 heavy (non-hydrogen) atoms. The van der Waals surface area contributed by atoms with E-state index in [0.29, 0.717) is 18.1 Å². The van der Waals surface area contributed by atoms with Gasteiger partial charge in [-0.25, -0.2) is 4.98 Å². The van der Waals surface area contributed by atoms with Crippen LogP contribution >= 0.6 is 0 Å². The molecule has 0 aliphatic rings. The number of hydrogen-bond acceptors (Lipinski definition) is 4. The molecule has 0 fully saturated rings. The molecular weight excluding hydrogens is 214 g/mol. The third-order valence-electron chi connectivity index (χ3n) is 2.24. The van der Waals surface area contributed by atoms with Crippen molar-refractivity contribution in [2.75, 3.05) is 0 Å². The summed E-state index contributed by atoms with van der Waals surface area (Å²) in [6.45, 7) is 2.24. The molecule has 4 nitrogen and oxygen atoms in total. The van der Waals surface area contributed by atoms with E-state index in [1.807, 2.05) is 19.1 Å². The fraction of sp³-hybridized carbons (Fsp3) is 0.154. The van der Waals surface area contributed by atoms with Crippen molar-refractivity contribution in [2.45, 2.75) is 13.5 Å². The van der Waals surface area contributed by atoms with Crippen LogP contribution in [-0.4, -0.2) is 9.97 Å². The predicted molar refractivity (Wildman–Crippen MR) is 62.3 cm³/mol. The van der Waals surface area contributed by atoms with Crippen molar-refractivity contribution >= 4 is 0 Å². The van der Waals surface area contributed by atoms with Crippen LogP contribution in [0.2, 0.25) is 0 Å². The lowest BCUT2D eigenvalue weighted by atomic mass is 10.2. The molecule has 0 N–H and O–H groups in total. The summed E-state index contributed by atoms with van der Waals surface area (Å²) in [6.07, 6.45) is 3.40. The molecule has 0 bridgehead atoms. The van der Waals surface area contributed by atoms with E-state index in [4.69, 9.17) is 10.00 Å². The smallest absolute Gasteiger partial charge is 0.232 e. The molecule has 2 aromatic rings. The molecule has 0 unspecified atom stereocenters. The summed E-state index contributed by atoms with van der Waals surface area (Å²) >= 11 is 0. The second-order valence-electron chi connectivity index (χ2n) is 3.56. The first-order valence-electron chi connectivity index (χ1n) is 5.19. The van der Waals surface area contributed by atoms with Crippen LogP contribution < -0.4 is 4.74 Å². The van der Waals surface area contributed by atoms with Gasteiger partial charge in [0, 0.05) is 18.1 Å². The van der Waals surface area contributed by atoms with Crippen LogP contribution in [0.5, 0.6) is 5.88 Å². The van der Waals surface area contributed by atoms with Crippen molar-refractivity contribution in [3.8, 4) is 11.9 Å². The molecule has 84 valence electrons. The van der Waals surface area contributed by atoms with Gasteiger partial charge in [0.1, 0.15) is 18.2 Å². The zero-order chi connectivity index (χ0) is 12.1. The Morgan fingerprint density at radius 3 is 2.71 bits per heavy atom. The molecule has 0 saturated carbocycles. The van der Waals surface area contributed by atoms with E-state index in [1.165, 1.54) is 0 Å². The molecule has 4 heteroatoms. The molecule has 0 aromatic carbocycles. The molecule has 0 spiro atoms. The largest absolute Gasteiger partial charge is 0.472 e. The third-order valence-corrected chi connectivity index (χ3v) is 2.24. The Kier molecular flexibility index (Phi) is 3.31. The molecule has 2 aromatic heterocycles. The van der Waals surface area contributed by atoms with Crippen molar-refractivity contribution in [3.63, 3.8) is 0 Å². The van der Waals surface area contributed by atoms with Crippen molar-refractivity contribution < 1.29 is 4.74 Å². The van der Waals surface area contributed by atoms with Gasteiger partial charge in [0.25, 0.3) is 0 Å². The molecule has 0 atom stereocenters. The first-order valence-corrected chi connectivity index (χ1v) is 5.19. The molecule has 0 aliphatic carbocycles. The minimum Gasteiger partial charge on any atom is -0.472 e. The molecule has 2 rings (SSSR count). The number of pyridine rings is 2. The van der Waals surface area contributed by atoms with Crippen LogP contribution in [0.1, 0.15) is 16.8 Å². The van der Waals surface area contributed by atoms with Gasteiger partial charge in [-0.3, -0.25) is 4.98 Å². The average Bonchev–Trinajstić information content (AvgIpc) is 2.38. The normalized spacial score (nSPS) is 9.65. The van der Waals surface area contributed by atoms with E-state index >= 15 is 0 Å². The molecular formula is C13H11N3O. The summed E-state index contributed by atoms with van der Waals surface area (Å²) in [5, 5.41) is 8.93. The first-order chi connectivity index (χ1) is 8.29. The summed E-state index contributed by atoms with van der Waals surface area (Å²) in [7, 11) is 0. The highest BCUT2D eigenvalue weighted by atomic mass is 16.5. The van der Waals surface area contributed by atoms with E-state index < -0.39 is 0 Å². The van der Waals surface area contributed by atoms with Crippen molar-refractivity contribution in [2.24, 2.45) is 0 Å². The van der Waals surface area contributed by atoms with Crippen molar-refractivity contribution in [1.82, 2.24) is 9.97 Å². The number of rotatable bonds is 3. The van der Waals surface area contributed by atoms with Crippen LogP contribution in [0, 0.1) is 18.3 Å². The van der Waals surface area contributed by atoms with E-state index in [-0.39, 0.29) is 0 Å². The fourth-order valence-corrected chi connectivity index (χ4v) is 1.36. The van der Waals surface area contributed by atoms with Gasteiger partial charge in [-0.2, -0.15) is 5.26 Å². The topological polar surface area (TPSA) is 58.8 Å². The van der Waals surface area contributed by atoms with Gasteiger partial charge in [0.2, 0.25) is 5.88 Å². The van der Waals surface area contributed by atoms with Gasteiger partial charge in [0.05, 0.1) is 0 Å². The molecule has 0 aliphatic heterocycles. The highest BCUT2D eigenvalue weighted by Crippen LogP contribution is 2.16. The van der Waals surface area contributed by atoms with Gasteiger partial charge < -0.3 is 4.74 Å². The SMILES string of the molecule is Cc1ccc(C#N)c(OCc2ccncc2)n1. The van der Waals surface area contributed by atoms with Crippen molar-refractivity contribution in [1.29, 1.82) is 5.26 Å². The number of nitriles is 1. The zero-order valence-electron chi connectivity index (χ0n) is 9.42. The van der Waals surface area contributed by atoms with Crippen LogP contribution in [0.3, 0.4) is 0 Å². The van der Waals surface area contributed by atoms with Gasteiger partial charge >= 0.3 is 0 Å². The summed E-state index contributed by atoms with van der Waals surface area (Å²) < 4.78 is 5.53. The molecule has 0 saturated heterocycles. The molecule has 2 heterocycles. The number of aromatic nitrogens is 2. The lowest BCUT2D eigenvalue weighted by Gasteiger charge is -2.07. The van der Waals surface area contributed by atoms with E-state index in [1.54, 1.807) is 24.5 Å². The van der Waals surface area contributed by atoms with Crippen LogP contribution in [0.15, 0.2) is 36.7 Å². The van der Waals surface area contributed by atoms with E-state index in [0.717, 1.165) is 11.3 Å². The lowest BCUT2D eigenvalue weighted by Crippen LogP contribution is -2.00. The maximum atomic E-state index is 8.93. The summed E-state index contributed by atoms with van der Waals surface area (Å²) in [5.41, 5.74) is 2.27. The quantitative estimate of drug-likeness (QED) is 0.803. The van der Waals surface area contributed by atoms with Gasteiger partial charge in [-0.15, -0.1) is 0 Å². The number of hydrogen-bond donors (Lipinski definition) is 0. The average molecular weight is 225 g/mol. The number of aryl methyl sites for hydroxylation is 1. The summed E-state index contributed by atoms with van der Waals surface area (Å²) in [5.74, 6) is 0.379. The first kappa shape index (κ1) is 11.1. The van der Waals surface area contributed by atoms with Crippen molar-refractivity contribution in [3.05, 3.63) is 53.5 Å². The Labute approximate surface area is 99.5 Å². The van der Waals surface area contributed by atoms with Gasteiger partial charge in [0.15, 0.2) is 0 Å². The lowest BCUT2D eigenvalue weighted by molar-refractivity contribution is 0.292. The summed E-state index contributed by atoms with van der Waals surface area (Å²) in [6, 6.07) is 9.29. The highest BCUT2D eigenvalue weighted by molar-refractivity contribution is 5.38. The third kappa shape index (κ3) is 2.79. The minimum atomic E-state index is 0.379. The second kappa shape index (κ2) is 5.08. The predicted octanol–water partition coefficient (Wildman–Crippen LogP) is 2.24. The van der Waals surface area contributed by atoms with Crippen LogP contribution in [0.25, 0.3) is 0 Å². The van der Waals surface area contributed by atoms with E-state index in [9.17, 15) is 0 Å². The minimum absolute atomic E-state index is 0.379. The Hall–Kier alpha value is -2.41. The standard InChI is InChI=1S/C13H11N3O/c1-10-2-3-12(8-14)13(16-10)17-9-11-4-6-15-7-5-11/h2-7H,9H2,1H3. The fourth-order valence-electron chi connectivity index (χ4n) is 1.36. The Morgan fingerprint density at radius 2 is 2.00 bits per heavy atom. The Morgan fingerprint density at radius 1 is 1.24 bits per heavy atom. The monoisotopic (exact) mass is 225 g/mol. The van der Waals surface area contributed by atoms with Crippen LogP contribution in [-0.2, 0) is 6.61 Å². The number of nitrogens with zero attached hydrogens (tertiary/aromatic N) is 3. The van der Waals surface area contributed by atoms with E-state index in [2.05, 4.69) is 16.0 Å². The maximum Gasteiger partial charge on any atom is 0.232 e. The number of ether oxygens (including phenoxy) is 1. The molecule has 0 radical (unpaired) electrons. The summed E-state index contributed by atoms with van der Waals surface area (Å²) in [4.78, 5) is 8.12. The van der Waals surface area contributed by atoms with Crippen LogP contribution in [0.4, 0.5) is 0 Å². The zero-order valence-corrected chi connectivity index (χ0v) is 9.42. The maximum absolute atomic E-state index is 8.93.